The van der Waals surface area contributed by atoms with E-state index >= 15 is 0 Å². The molecule has 4 heteroatoms. The van der Waals surface area contributed by atoms with Gasteiger partial charge in [0.25, 0.3) is 0 Å². The van der Waals surface area contributed by atoms with Gasteiger partial charge < -0.3 is 10.4 Å². The Bertz CT molecular complexity index is 557. The van der Waals surface area contributed by atoms with Crippen molar-refractivity contribution >= 4 is 11.7 Å². The normalized spacial score (nSPS) is 11.8. The number of carboxylic acids is 1. The minimum atomic E-state index is -0.965. The van der Waals surface area contributed by atoms with E-state index in [0.717, 1.165) is 5.56 Å². The number of rotatable bonds is 5. The molecule has 0 aromatic heterocycles. The molecule has 2 aromatic rings. The zero-order chi connectivity index (χ0) is 13.7. The van der Waals surface area contributed by atoms with Crippen LogP contribution in [-0.4, -0.2) is 17.1 Å². The van der Waals surface area contributed by atoms with E-state index in [9.17, 15) is 14.3 Å². The first kappa shape index (κ1) is 13.1. The summed E-state index contributed by atoms with van der Waals surface area (Å²) in [6.07, 6.45) is 0.340. The summed E-state index contributed by atoms with van der Waals surface area (Å²) in [7, 11) is 0. The van der Waals surface area contributed by atoms with E-state index in [4.69, 9.17) is 0 Å². The maximum atomic E-state index is 13.1. The summed E-state index contributed by atoms with van der Waals surface area (Å²) < 4.78 is 13.1. The summed E-state index contributed by atoms with van der Waals surface area (Å²) in [4.78, 5) is 11.2. The fraction of sp³-hybridized carbons (Fsp3) is 0.133. The highest BCUT2D eigenvalue weighted by atomic mass is 19.1. The molecule has 2 N–H and O–H groups in total. The summed E-state index contributed by atoms with van der Waals surface area (Å²) in [5.74, 6) is -1.36. The number of carboxylic acid groups (broad SMARTS) is 1. The summed E-state index contributed by atoms with van der Waals surface area (Å²) in [6, 6.07) is 14.3. The third-order valence-electron chi connectivity index (χ3n) is 2.75. The predicted octanol–water partition coefficient (Wildman–Crippen LogP) is 2.93. The molecule has 0 saturated carbocycles. The second-order valence-corrected chi connectivity index (χ2v) is 4.24. The molecule has 0 aliphatic heterocycles. The lowest BCUT2D eigenvalue weighted by molar-refractivity contribution is -0.137. The maximum absolute atomic E-state index is 13.1. The third kappa shape index (κ3) is 3.81. The second kappa shape index (κ2) is 6.00. The molecule has 1 unspecified atom stereocenters. The molecule has 1 atom stereocenters. The topological polar surface area (TPSA) is 49.3 Å². The molecule has 98 valence electrons. The van der Waals surface area contributed by atoms with Crippen LogP contribution in [0.3, 0.4) is 0 Å². The van der Waals surface area contributed by atoms with Gasteiger partial charge in [0.2, 0.25) is 0 Å². The van der Waals surface area contributed by atoms with Crippen LogP contribution in [-0.2, 0) is 11.2 Å². The Hall–Kier alpha value is -2.36. The van der Waals surface area contributed by atoms with Crippen LogP contribution < -0.4 is 5.32 Å². The monoisotopic (exact) mass is 259 g/mol. The highest BCUT2D eigenvalue weighted by molar-refractivity contribution is 5.77. The van der Waals surface area contributed by atoms with Crippen molar-refractivity contribution in [2.24, 2.45) is 0 Å². The molecular formula is C15H14FNO2. The molecule has 0 saturated heterocycles. The van der Waals surface area contributed by atoms with Crippen molar-refractivity contribution in [2.75, 3.05) is 5.32 Å². The van der Waals surface area contributed by atoms with Gasteiger partial charge in [-0.1, -0.05) is 36.4 Å². The maximum Gasteiger partial charge on any atom is 0.326 e. The molecule has 0 heterocycles. The smallest absolute Gasteiger partial charge is 0.326 e. The highest BCUT2D eigenvalue weighted by Gasteiger charge is 2.17. The van der Waals surface area contributed by atoms with Crippen LogP contribution in [0.15, 0.2) is 54.6 Å². The van der Waals surface area contributed by atoms with Crippen molar-refractivity contribution in [3.05, 3.63) is 66.0 Å². The van der Waals surface area contributed by atoms with Crippen LogP contribution in [0.2, 0.25) is 0 Å². The molecule has 0 aliphatic carbocycles. The first-order valence-corrected chi connectivity index (χ1v) is 5.94. The Balaban J connectivity index is 2.11. The minimum Gasteiger partial charge on any atom is -0.480 e. The van der Waals surface area contributed by atoms with Gasteiger partial charge in [-0.25, -0.2) is 9.18 Å². The molecule has 3 nitrogen and oxygen atoms in total. The van der Waals surface area contributed by atoms with Gasteiger partial charge in [0.15, 0.2) is 0 Å². The third-order valence-corrected chi connectivity index (χ3v) is 2.75. The standard InChI is InChI=1S/C15H14FNO2/c16-12-7-4-8-13(10-12)17-14(15(18)19)9-11-5-2-1-3-6-11/h1-8,10,14,17H,9H2,(H,18,19). The number of carbonyl (C=O) groups is 1. The van der Waals surface area contributed by atoms with Crippen molar-refractivity contribution < 1.29 is 14.3 Å². The molecule has 19 heavy (non-hydrogen) atoms. The van der Waals surface area contributed by atoms with E-state index in [1.54, 1.807) is 12.1 Å². The Morgan fingerprint density at radius 3 is 2.53 bits per heavy atom. The largest absolute Gasteiger partial charge is 0.480 e. The number of hydrogen-bond acceptors (Lipinski definition) is 2. The molecule has 0 spiro atoms. The van der Waals surface area contributed by atoms with E-state index in [2.05, 4.69) is 5.32 Å². The number of benzene rings is 2. The van der Waals surface area contributed by atoms with Gasteiger partial charge in [-0.3, -0.25) is 0 Å². The summed E-state index contributed by atoms with van der Waals surface area (Å²) in [5.41, 5.74) is 1.38. The second-order valence-electron chi connectivity index (χ2n) is 4.24. The molecular weight excluding hydrogens is 245 g/mol. The average molecular weight is 259 g/mol. The molecule has 0 bridgehead atoms. The van der Waals surface area contributed by atoms with Crippen LogP contribution in [0, 0.1) is 5.82 Å². The van der Waals surface area contributed by atoms with Gasteiger partial charge in [0.1, 0.15) is 11.9 Å². The summed E-state index contributed by atoms with van der Waals surface area (Å²) in [6.45, 7) is 0. The lowest BCUT2D eigenvalue weighted by Gasteiger charge is -2.15. The van der Waals surface area contributed by atoms with E-state index in [1.807, 2.05) is 30.3 Å². The highest BCUT2D eigenvalue weighted by Crippen LogP contribution is 2.13. The predicted molar refractivity (Wildman–Crippen MR) is 71.6 cm³/mol. The van der Waals surface area contributed by atoms with Crippen LogP contribution in [0.25, 0.3) is 0 Å². The van der Waals surface area contributed by atoms with Gasteiger partial charge in [0, 0.05) is 12.1 Å². The molecule has 0 amide bonds. The van der Waals surface area contributed by atoms with Crippen molar-refractivity contribution in [1.82, 2.24) is 0 Å². The van der Waals surface area contributed by atoms with Gasteiger partial charge in [-0.15, -0.1) is 0 Å². The Morgan fingerprint density at radius 2 is 1.89 bits per heavy atom. The lowest BCUT2D eigenvalue weighted by Crippen LogP contribution is -2.31. The van der Waals surface area contributed by atoms with Crippen LogP contribution in [0.4, 0.5) is 10.1 Å². The zero-order valence-electron chi connectivity index (χ0n) is 10.2. The molecule has 2 rings (SSSR count). The van der Waals surface area contributed by atoms with Crippen LogP contribution >= 0.6 is 0 Å². The van der Waals surface area contributed by atoms with E-state index in [0.29, 0.717) is 12.1 Å². The number of hydrogen-bond donors (Lipinski definition) is 2. The van der Waals surface area contributed by atoms with E-state index < -0.39 is 17.8 Å². The lowest BCUT2D eigenvalue weighted by atomic mass is 10.1. The summed E-state index contributed by atoms with van der Waals surface area (Å²) in [5, 5.41) is 12.0. The first-order valence-electron chi connectivity index (χ1n) is 5.94. The van der Waals surface area contributed by atoms with E-state index in [-0.39, 0.29) is 0 Å². The number of halogens is 1. The fourth-order valence-corrected chi connectivity index (χ4v) is 1.83. The van der Waals surface area contributed by atoms with Crippen molar-refractivity contribution in [1.29, 1.82) is 0 Å². The van der Waals surface area contributed by atoms with Crippen molar-refractivity contribution in [3.63, 3.8) is 0 Å². The Kier molecular flexibility index (Phi) is 4.13. The number of aliphatic carboxylic acids is 1. The first-order chi connectivity index (χ1) is 9.15. The molecule has 0 radical (unpaired) electrons. The molecule has 0 fully saturated rings. The molecule has 0 aliphatic rings. The fourth-order valence-electron chi connectivity index (χ4n) is 1.83. The van der Waals surface area contributed by atoms with Crippen LogP contribution in [0.5, 0.6) is 0 Å². The SMILES string of the molecule is O=C(O)C(Cc1ccccc1)Nc1cccc(F)c1. The minimum absolute atomic E-state index is 0.340. The van der Waals surface area contributed by atoms with Gasteiger partial charge in [-0.05, 0) is 23.8 Å². The Labute approximate surface area is 110 Å². The quantitative estimate of drug-likeness (QED) is 0.868. The van der Waals surface area contributed by atoms with Crippen molar-refractivity contribution in [3.8, 4) is 0 Å². The van der Waals surface area contributed by atoms with E-state index in [1.165, 1.54) is 12.1 Å². The van der Waals surface area contributed by atoms with Gasteiger partial charge in [-0.2, -0.15) is 0 Å². The van der Waals surface area contributed by atoms with Gasteiger partial charge in [0.05, 0.1) is 0 Å². The number of anilines is 1. The average Bonchev–Trinajstić information content (AvgIpc) is 2.39. The van der Waals surface area contributed by atoms with Crippen LogP contribution in [0.1, 0.15) is 5.56 Å². The molecule has 2 aromatic carbocycles. The summed E-state index contributed by atoms with van der Waals surface area (Å²) >= 11 is 0. The van der Waals surface area contributed by atoms with Gasteiger partial charge >= 0.3 is 5.97 Å². The van der Waals surface area contributed by atoms with Crippen molar-refractivity contribution in [2.45, 2.75) is 12.5 Å². The Morgan fingerprint density at radius 1 is 1.16 bits per heavy atom. The number of nitrogens with one attached hydrogen (secondary N) is 1. The zero-order valence-corrected chi connectivity index (χ0v) is 10.2.